The van der Waals surface area contributed by atoms with Gasteiger partial charge < -0.3 is 15.5 Å². The van der Waals surface area contributed by atoms with Crippen LogP contribution in [0.2, 0.25) is 0 Å². The third-order valence-electron chi connectivity index (χ3n) is 2.78. The number of aromatic amines is 1. The molecule has 0 saturated heterocycles. The van der Waals surface area contributed by atoms with Crippen molar-refractivity contribution in [3.8, 4) is 5.75 Å². The van der Waals surface area contributed by atoms with Crippen LogP contribution in [0.15, 0.2) is 54.0 Å². The topological polar surface area (TPSA) is 81.0 Å². The van der Waals surface area contributed by atoms with Gasteiger partial charge in [-0.2, -0.15) is 0 Å². The molecule has 3 N–H and O–H groups in total. The van der Waals surface area contributed by atoms with Gasteiger partial charge in [0.2, 0.25) is 0 Å². The molecule has 0 bridgehead atoms. The second-order valence-corrected chi connectivity index (χ2v) is 4.01. The fraction of sp³-hybridized carbons (Fsp3) is 0.0667. The highest BCUT2D eigenvalue weighted by Gasteiger charge is 2.07. The molecule has 0 aliphatic rings. The van der Waals surface area contributed by atoms with Gasteiger partial charge in [0.05, 0.1) is 18.0 Å². The third kappa shape index (κ3) is 2.61. The fourth-order valence-electron chi connectivity index (χ4n) is 1.77. The van der Waals surface area contributed by atoms with Gasteiger partial charge in [-0.25, -0.2) is 4.98 Å². The Morgan fingerprint density at radius 3 is 2.95 bits per heavy atom. The number of H-pyrrole nitrogens is 1. The van der Waals surface area contributed by atoms with Gasteiger partial charge in [0, 0.05) is 11.8 Å². The average molecular weight is 269 g/mol. The maximum Gasteiger partial charge on any atom is 0.259 e. The van der Waals surface area contributed by atoms with Crippen LogP contribution in [0, 0.1) is 0 Å². The van der Waals surface area contributed by atoms with E-state index in [1.54, 1.807) is 43.5 Å². The van der Waals surface area contributed by atoms with Gasteiger partial charge in [0.1, 0.15) is 11.6 Å². The number of nitrogens with two attached hydrogens (primary N) is 1. The maximum atomic E-state index is 12.1. The number of hydrogen-bond acceptors (Lipinski definition) is 4. The zero-order valence-corrected chi connectivity index (χ0v) is 11.1. The van der Waals surface area contributed by atoms with Crippen LogP contribution in [0.1, 0.15) is 5.82 Å². The second-order valence-electron chi connectivity index (χ2n) is 4.01. The lowest BCUT2D eigenvalue weighted by Gasteiger charge is -2.05. The van der Waals surface area contributed by atoms with E-state index < -0.39 is 0 Å². The quantitative estimate of drug-likeness (QED) is 0.831. The molecule has 0 radical (unpaired) electrons. The van der Waals surface area contributed by atoms with E-state index in [9.17, 15) is 4.79 Å². The summed E-state index contributed by atoms with van der Waals surface area (Å²) in [5.41, 5.74) is 6.51. The van der Waals surface area contributed by atoms with Crippen LogP contribution in [0.5, 0.6) is 5.75 Å². The lowest BCUT2D eigenvalue weighted by molar-refractivity contribution is 0.415. The number of allylic oxidation sites excluding steroid dienone is 4. The average Bonchev–Trinajstić information content (AvgIpc) is 2.48. The molecule has 0 unspecified atom stereocenters. The third-order valence-corrected chi connectivity index (χ3v) is 2.78. The van der Waals surface area contributed by atoms with E-state index in [-0.39, 0.29) is 5.56 Å². The van der Waals surface area contributed by atoms with E-state index in [1.807, 2.05) is 0 Å². The summed E-state index contributed by atoms with van der Waals surface area (Å²) in [5, 5.41) is 0.470. The van der Waals surface area contributed by atoms with Crippen LogP contribution in [0.4, 0.5) is 0 Å². The molecule has 2 aromatic rings. The molecule has 0 spiro atoms. The Hall–Kier alpha value is -2.82. The van der Waals surface area contributed by atoms with Gasteiger partial charge in [0.15, 0.2) is 0 Å². The van der Waals surface area contributed by atoms with Gasteiger partial charge in [0.25, 0.3) is 5.56 Å². The minimum Gasteiger partial charge on any atom is -0.497 e. The van der Waals surface area contributed by atoms with Crippen molar-refractivity contribution < 1.29 is 4.74 Å². The summed E-state index contributed by atoms with van der Waals surface area (Å²) in [5.74, 6) is 1.02. The smallest absolute Gasteiger partial charge is 0.259 e. The summed E-state index contributed by atoms with van der Waals surface area (Å²) in [6.07, 6.45) is 6.44. The Balaban J connectivity index is 2.61. The van der Waals surface area contributed by atoms with E-state index in [2.05, 4.69) is 16.5 Å². The molecule has 20 heavy (non-hydrogen) atoms. The summed E-state index contributed by atoms with van der Waals surface area (Å²) in [6, 6.07) is 5.14. The minimum atomic E-state index is -0.241. The first kappa shape index (κ1) is 13.6. The maximum absolute atomic E-state index is 12.1. The van der Waals surface area contributed by atoms with Crippen molar-refractivity contribution in [1.82, 2.24) is 9.97 Å². The number of methoxy groups -OCH3 is 1. The van der Waals surface area contributed by atoms with Crippen LogP contribution < -0.4 is 16.0 Å². The van der Waals surface area contributed by atoms with E-state index in [1.165, 1.54) is 6.20 Å². The molecule has 2 rings (SSSR count). The molecule has 1 aromatic heterocycles. The molecule has 0 saturated carbocycles. The fourth-order valence-corrected chi connectivity index (χ4v) is 1.77. The van der Waals surface area contributed by atoms with Crippen LogP contribution >= 0.6 is 0 Å². The largest absolute Gasteiger partial charge is 0.497 e. The number of benzene rings is 1. The van der Waals surface area contributed by atoms with E-state index in [4.69, 9.17) is 10.5 Å². The lowest BCUT2D eigenvalue weighted by atomic mass is 10.2. The van der Waals surface area contributed by atoms with Crippen LogP contribution in [0.3, 0.4) is 0 Å². The van der Waals surface area contributed by atoms with Crippen molar-refractivity contribution in [2.24, 2.45) is 5.73 Å². The first-order valence-electron chi connectivity index (χ1n) is 5.99. The standard InChI is InChI=1S/C15H15N3O2/c1-3-4-5-10(9-16)14-17-13-7-6-11(20-2)8-12(13)15(19)18-14/h3-9H,1,16H2,2H3,(H,17,18,19)/b5-4-,10-9+. The molecule has 0 fully saturated rings. The molecule has 0 atom stereocenters. The van der Waals surface area contributed by atoms with Gasteiger partial charge >= 0.3 is 0 Å². The van der Waals surface area contributed by atoms with Crippen LogP contribution in [-0.4, -0.2) is 17.1 Å². The summed E-state index contributed by atoms with van der Waals surface area (Å²) >= 11 is 0. The molecule has 1 heterocycles. The minimum absolute atomic E-state index is 0.241. The van der Waals surface area contributed by atoms with Gasteiger partial charge in [-0.1, -0.05) is 18.7 Å². The second kappa shape index (κ2) is 5.88. The number of hydrogen-bond donors (Lipinski definition) is 2. The molecule has 0 aliphatic heterocycles. The lowest BCUT2D eigenvalue weighted by Crippen LogP contribution is -2.11. The Morgan fingerprint density at radius 1 is 1.50 bits per heavy atom. The molecule has 1 aromatic carbocycles. The van der Waals surface area contributed by atoms with Crippen molar-refractivity contribution in [1.29, 1.82) is 0 Å². The zero-order chi connectivity index (χ0) is 14.5. The van der Waals surface area contributed by atoms with Crippen molar-refractivity contribution in [2.45, 2.75) is 0 Å². The summed E-state index contributed by atoms with van der Waals surface area (Å²) in [7, 11) is 1.55. The van der Waals surface area contributed by atoms with Gasteiger partial charge in [-0.3, -0.25) is 4.79 Å². The number of nitrogens with zero attached hydrogens (tertiary/aromatic N) is 1. The highest BCUT2D eigenvalue weighted by atomic mass is 16.5. The monoisotopic (exact) mass is 269 g/mol. The number of rotatable bonds is 4. The van der Waals surface area contributed by atoms with Crippen molar-refractivity contribution >= 4 is 16.5 Å². The Bertz CT molecular complexity index is 757. The van der Waals surface area contributed by atoms with E-state index in [0.29, 0.717) is 28.0 Å². The number of aromatic nitrogens is 2. The first-order valence-corrected chi connectivity index (χ1v) is 5.99. The van der Waals surface area contributed by atoms with Crippen molar-refractivity contribution in [2.75, 3.05) is 7.11 Å². The van der Waals surface area contributed by atoms with E-state index >= 15 is 0 Å². The SMILES string of the molecule is C=C/C=C\C(=C/N)c1nc2ccc(OC)cc2c(=O)[nH]1. The molecule has 0 amide bonds. The van der Waals surface area contributed by atoms with Crippen molar-refractivity contribution in [3.63, 3.8) is 0 Å². The number of fused-ring (bicyclic) bond motifs is 1. The first-order chi connectivity index (χ1) is 9.69. The number of ether oxygens (including phenoxy) is 1. The highest BCUT2D eigenvalue weighted by Crippen LogP contribution is 2.18. The Morgan fingerprint density at radius 2 is 2.30 bits per heavy atom. The summed E-state index contributed by atoms with van der Waals surface area (Å²) in [4.78, 5) is 19.2. The highest BCUT2D eigenvalue weighted by molar-refractivity contribution is 5.81. The molecule has 102 valence electrons. The van der Waals surface area contributed by atoms with Crippen LogP contribution in [-0.2, 0) is 0 Å². The van der Waals surface area contributed by atoms with E-state index in [0.717, 1.165) is 0 Å². The van der Waals surface area contributed by atoms with Gasteiger partial charge in [-0.15, -0.1) is 0 Å². The molecule has 0 aliphatic carbocycles. The molecular formula is C15H15N3O2. The van der Waals surface area contributed by atoms with Crippen molar-refractivity contribution in [3.05, 3.63) is 65.4 Å². The zero-order valence-electron chi connectivity index (χ0n) is 11.1. The summed E-state index contributed by atoms with van der Waals surface area (Å²) in [6.45, 7) is 3.59. The predicted octanol–water partition coefficient (Wildman–Crippen LogP) is 1.97. The van der Waals surface area contributed by atoms with Gasteiger partial charge in [-0.05, 0) is 24.3 Å². The summed E-state index contributed by atoms with van der Waals surface area (Å²) < 4.78 is 5.10. The molecule has 5 heteroatoms. The Labute approximate surface area is 116 Å². The number of nitrogens with one attached hydrogen (secondary N) is 1. The Kier molecular flexibility index (Phi) is 4.00. The molecular weight excluding hydrogens is 254 g/mol. The predicted molar refractivity (Wildman–Crippen MR) is 80.4 cm³/mol. The van der Waals surface area contributed by atoms with Crippen LogP contribution in [0.25, 0.3) is 16.5 Å². The molecule has 5 nitrogen and oxygen atoms in total. The normalized spacial score (nSPS) is 11.9.